The highest BCUT2D eigenvalue weighted by atomic mass is 35.5. The third-order valence-corrected chi connectivity index (χ3v) is 3.22. The highest BCUT2D eigenvalue weighted by Crippen LogP contribution is 2.31. The van der Waals surface area contributed by atoms with Crippen molar-refractivity contribution in [1.29, 1.82) is 0 Å². The fourth-order valence-corrected chi connectivity index (χ4v) is 2.29. The largest absolute Gasteiger partial charge is 0.573 e. The smallest absolute Gasteiger partial charge is 0.406 e. The number of benzene rings is 1. The van der Waals surface area contributed by atoms with Crippen LogP contribution in [0.2, 0.25) is 5.28 Å². The van der Waals surface area contributed by atoms with E-state index in [4.69, 9.17) is 11.6 Å². The minimum absolute atomic E-state index is 0.0194. The molecule has 0 aliphatic rings. The van der Waals surface area contributed by atoms with Crippen molar-refractivity contribution in [2.75, 3.05) is 11.9 Å². The fraction of sp³-hybridized carbons (Fsp3) is 0.333. The van der Waals surface area contributed by atoms with Crippen molar-refractivity contribution in [3.8, 4) is 29.0 Å². The van der Waals surface area contributed by atoms with E-state index in [-0.39, 0.29) is 11.0 Å². The molecule has 0 saturated carbocycles. The van der Waals surface area contributed by atoms with Gasteiger partial charge in [0.25, 0.3) is 0 Å². The number of aromatic nitrogens is 2. The van der Waals surface area contributed by atoms with Crippen molar-refractivity contribution in [2.45, 2.75) is 34.1 Å². The number of hydrogen-bond donors (Lipinski definition) is 0. The summed E-state index contributed by atoms with van der Waals surface area (Å²) in [5, 5.41) is 0.0194. The number of ether oxygens (including phenoxy) is 1. The van der Waals surface area contributed by atoms with Crippen molar-refractivity contribution in [3.63, 3.8) is 0 Å². The molecule has 8 heteroatoms. The lowest BCUT2D eigenvalue weighted by Crippen LogP contribution is -2.17. The second kappa shape index (κ2) is 9.30. The Morgan fingerprint density at radius 2 is 1.69 bits per heavy atom. The first-order valence-electron chi connectivity index (χ1n) is 7.77. The van der Waals surface area contributed by atoms with Gasteiger partial charge in [-0.25, -0.2) is 4.98 Å². The zero-order chi connectivity index (χ0) is 19.9. The van der Waals surface area contributed by atoms with Gasteiger partial charge in [-0.3, -0.25) is 4.90 Å². The van der Waals surface area contributed by atoms with Gasteiger partial charge < -0.3 is 4.74 Å². The van der Waals surface area contributed by atoms with Gasteiger partial charge in [-0.15, -0.1) is 13.2 Å². The van der Waals surface area contributed by atoms with Crippen molar-refractivity contribution in [3.05, 3.63) is 35.1 Å². The molecular formula is C18H19ClF3N3O. The lowest BCUT2D eigenvalue weighted by Gasteiger charge is -2.16. The van der Waals surface area contributed by atoms with Gasteiger partial charge in [0.15, 0.2) is 0 Å². The van der Waals surface area contributed by atoms with Gasteiger partial charge in [0, 0.05) is 24.2 Å². The molecule has 0 atom stereocenters. The third-order valence-electron chi connectivity index (χ3n) is 3.05. The molecule has 0 aliphatic heterocycles. The van der Waals surface area contributed by atoms with Crippen LogP contribution in [-0.4, -0.2) is 23.4 Å². The fourth-order valence-electron chi connectivity index (χ4n) is 2.12. The SMILES string of the molecule is CC.CC#CN(C)c1nc(Cl)nc(-c2ccc(OC(F)(F)F)cc2)c1C. The Morgan fingerprint density at radius 3 is 2.19 bits per heavy atom. The van der Waals surface area contributed by atoms with E-state index < -0.39 is 6.36 Å². The lowest BCUT2D eigenvalue weighted by molar-refractivity contribution is -0.274. The zero-order valence-corrected chi connectivity index (χ0v) is 15.8. The standard InChI is InChI=1S/C16H13ClF3N3O.C2H6/c1-4-9-23(3)14-10(2)13(21-15(17)22-14)11-5-7-12(8-6-11)24-16(18,19)20;1-2/h5-8H,1-3H3;1-2H3. The molecule has 26 heavy (non-hydrogen) atoms. The molecule has 0 aliphatic carbocycles. The van der Waals surface area contributed by atoms with Gasteiger partial charge in [-0.2, -0.15) is 4.98 Å². The number of halogens is 4. The Bertz CT molecular complexity index is 796. The minimum atomic E-state index is -4.73. The second-order valence-electron chi connectivity index (χ2n) is 4.78. The summed E-state index contributed by atoms with van der Waals surface area (Å²) in [5.74, 6) is 2.97. The monoisotopic (exact) mass is 385 g/mol. The summed E-state index contributed by atoms with van der Waals surface area (Å²) in [7, 11) is 1.73. The molecule has 1 aromatic carbocycles. The Hall–Kier alpha value is -2.46. The van der Waals surface area contributed by atoms with E-state index in [1.54, 1.807) is 25.8 Å². The van der Waals surface area contributed by atoms with Crippen molar-refractivity contribution >= 4 is 17.4 Å². The molecule has 0 radical (unpaired) electrons. The van der Waals surface area contributed by atoms with Crippen LogP contribution in [0.1, 0.15) is 26.3 Å². The Labute approximate surface area is 156 Å². The van der Waals surface area contributed by atoms with Crippen LogP contribution in [0.3, 0.4) is 0 Å². The summed E-state index contributed by atoms with van der Waals surface area (Å²) in [5.41, 5.74) is 1.80. The van der Waals surface area contributed by atoms with E-state index in [9.17, 15) is 13.2 Å². The van der Waals surface area contributed by atoms with Crippen LogP contribution in [0.25, 0.3) is 11.3 Å². The number of nitrogens with zero attached hydrogens (tertiary/aromatic N) is 3. The van der Waals surface area contributed by atoms with Gasteiger partial charge in [-0.1, -0.05) is 19.8 Å². The summed E-state index contributed by atoms with van der Waals surface area (Å²) in [4.78, 5) is 9.92. The van der Waals surface area contributed by atoms with Crippen LogP contribution in [0.5, 0.6) is 5.75 Å². The zero-order valence-electron chi connectivity index (χ0n) is 15.1. The van der Waals surface area contributed by atoms with E-state index in [1.165, 1.54) is 24.3 Å². The van der Waals surface area contributed by atoms with Crippen LogP contribution in [0.4, 0.5) is 19.0 Å². The molecule has 0 saturated heterocycles. The minimum Gasteiger partial charge on any atom is -0.406 e. The number of alkyl halides is 3. The molecule has 140 valence electrons. The highest BCUT2D eigenvalue weighted by molar-refractivity contribution is 6.28. The molecule has 0 N–H and O–H groups in total. The molecule has 0 unspecified atom stereocenters. The van der Waals surface area contributed by atoms with Crippen LogP contribution in [0, 0.1) is 18.9 Å². The van der Waals surface area contributed by atoms with Crippen molar-refractivity contribution in [1.82, 2.24) is 9.97 Å². The van der Waals surface area contributed by atoms with E-state index >= 15 is 0 Å². The summed E-state index contributed by atoms with van der Waals surface area (Å²) in [6.07, 6.45) is -4.73. The highest BCUT2D eigenvalue weighted by Gasteiger charge is 2.31. The van der Waals surface area contributed by atoms with Gasteiger partial charge in [0.05, 0.1) is 5.69 Å². The predicted octanol–water partition coefficient (Wildman–Crippen LogP) is 5.45. The Kier molecular flexibility index (Phi) is 7.72. The molecule has 1 heterocycles. The number of rotatable bonds is 3. The van der Waals surface area contributed by atoms with E-state index in [2.05, 4.69) is 26.7 Å². The van der Waals surface area contributed by atoms with Crippen molar-refractivity contribution in [2.24, 2.45) is 0 Å². The van der Waals surface area contributed by atoms with Gasteiger partial charge >= 0.3 is 6.36 Å². The third kappa shape index (κ3) is 5.81. The van der Waals surface area contributed by atoms with Crippen molar-refractivity contribution < 1.29 is 17.9 Å². The molecular weight excluding hydrogens is 367 g/mol. The molecule has 2 aromatic rings. The van der Waals surface area contributed by atoms with E-state index in [1.807, 2.05) is 13.8 Å². The Morgan fingerprint density at radius 1 is 1.12 bits per heavy atom. The van der Waals surface area contributed by atoms with Crippen LogP contribution < -0.4 is 9.64 Å². The molecule has 0 bridgehead atoms. The maximum absolute atomic E-state index is 12.2. The van der Waals surface area contributed by atoms with E-state index in [0.717, 1.165) is 0 Å². The number of hydrogen-bond acceptors (Lipinski definition) is 4. The summed E-state index contributed by atoms with van der Waals surface area (Å²) >= 11 is 5.96. The summed E-state index contributed by atoms with van der Waals surface area (Å²) in [6.45, 7) is 7.48. The van der Waals surface area contributed by atoms with Gasteiger partial charge in [0.2, 0.25) is 5.28 Å². The summed E-state index contributed by atoms with van der Waals surface area (Å²) in [6, 6.07) is 8.21. The van der Waals surface area contributed by atoms with Crippen LogP contribution in [0.15, 0.2) is 24.3 Å². The van der Waals surface area contributed by atoms with Crippen LogP contribution in [-0.2, 0) is 0 Å². The topological polar surface area (TPSA) is 38.2 Å². The lowest BCUT2D eigenvalue weighted by atomic mass is 10.1. The maximum Gasteiger partial charge on any atom is 0.573 e. The van der Waals surface area contributed by atoms with E-state index in [0.29, 0.717) is 22.6 Å². The molecule has 2 rings (SSSR count). The molecule has 0 amide bonds. The van der Waals surface area contributed by atoms with Gasteiger partial charge in [0.1, 0.15) is 11.6 Å². The van der Waals surface area contributed by atoms with Gasteiger partial charge in [-0.05, 0) is 49.7 Å². The number of anilines is 1. The molecule has 0 spiro atoms. The quantitative estimate of drug-likeness (QED) is 0.400. The summed E-state index contributed by atoms with van der Waals surface area (Å²) < 4.78 is 40.5. The second-order valence-corrected chi connectivity index (χ2v) is 5.12. The molecule has 0 fully saturated rings. The first-order valence-corrected chi connectivity index (χ1v) is 8.15. The Balaban J connectivity index is 0.00000163. The van der Waals surface area contributed by atoms with Crippen LogP contribution >= 0.6 is 11.6 Å². The predicted molar refractivity (Wildman–Crippen MR) is 97.1 cm³/mol. The maximum atomic E-state index is 12.2. The molecule has 1 aromatic heterocycles. The average molecular weight is 386 g/mol. The first kappa shape index (κ1) is 21.6. The molecule has 4 nitrogen and oxygen atoms in total. The first-order chi connectivity index (χ1) is 12.2. The average Bonchev–Trinajstić information content (AvgIpc) is 2.58. The normalized spacial score (nSPS) is 10.2.